The van der Waals surface area contributed by atoms with Gasteiger partial charge in [0.1, 0.15) is 5.75 Å². The highest BCUT2D eigenvalue weighted by atomic mass is 32.2. The van der Waals surface area contributed by atoms with Gasteiger partial charge in [-0.25, -0.2) is 13.1 Å². The van der Waals surface area contributed by atoms with Gasteiger partial charge in [-0.1, -0.05) is 37.3 Å². The Balaban J connectivity index is 2.17. The summed E-state index contributed by atoms with van der Waals surface area (Å²) in [5.74, 6) is 0.277. The van der Waals surface area contributed by atoms with Gasteiger partial charge >= 0.3 is 0 Å². The topological polar surface area (TPSA) is 78.4 Å². The molecule has 0 aliphatic carbocycles. The molecule has 0 saturated carbocycles. The van der Waals surface area contributed by atoms with Crippen molar-refractivity contribution in [2.45, 2.75) is 37.2 Å². The molecule has 130 valence electrons. The zero-order valence-corrected chi connectivity index (χ0v) is 15.0. The van der Waals surface area contributed by atoms with Crippen molar-refractivity contribution in [2.24, 2.45) is 0 Å². The molecule has 5 nitrogen and oxygen atoms in total. The lowest BCUT2D eigenvalue weighted by Crippen LogP contribution is -2.24. The van der Waals surface area contributed by atoms with E-state index in [9.17, 15) is 13.5 Å². The van der Waals surface area contributed by atoms with Crippen LogP contribution in [0.25, 0.3) is 0 Å². The summed E-state index contributed by atoms with van der Waals surface area (Å²) in [4.78, 5) is 0.244. The Morgan fingerprint density at radius 2 is 1.71 bits per heavy atom. The molecule has 0 aliphatic heterocycles. The molecule has 6 heteroatoms. The van der Waals surface area contributed by atoms with Crippen molar-refractivity contribution in [3.63, 3.8) is 0 Å². The summed E-state index contributed by atoms with van der Waals surface area (Å²) in [6, 6.07) is 14.1. The number of phenols is 1. The van der Waals surface area contributed by atoms with Crippen LogP contribution in [0, 0.1) is 0 Å². The maximum absolute atomic E-state index is 11.8. The van der Waals surface area contributed by atoms with Gasteiger partial charge < -0.3 is 10.4 Å². The van der Waals surface area contributed by atoms with Crippen LogP contribution in [0.2, 0.25) is 0 Å². The van der Waals surface area contributed by atoms with Crippen molar-refractivity contribution in [2.75, 3.05) is 7.05 Å². The third kappa shape index (κ3) is 4.14. The summed E-state index contributed by atoms with van der Waals surface area (Å²) in [7, 11) is -2.03. The third-order valence-corrected chi connectivity index (χ3v) is 5.56. The lowest BCUT2D eigenvalue weighted by Gasteiger charge is -2.24. The molecule has 0 saturated heterocycles. The predicted octanol–water partition coefficient (Wildman–Crippen LogP) is 3.10. The van der Waals surface area contributed by atoms with E-state index in [1.807, 2.05) is 19.1 Å². The third-order valence-electron chi connectivity index (χ3n) is 4.13. The van der Waals surface area contributed by atoms with Crippen LogP contribution < -0.4 is 10.0 Å². The molecule has 2 atom stereocenters. The quantitative estimate of drug-likeness (QED) is 0.718. The second-order valence-corrected chi connectivity index (χ2v) is 7.57. The van der Waals surface area contributed by atoms with Gasteiger partial charge in [0, 0.05) is 17.6 Å². The summed E-state index contributed by atoms with van der Waals surface area (Å²) >= 11 is 0. The molecule has 2 aromatic carbocycles. The van der Waals surface area contributed by atoms with Crippen LogP contribution in [-0.4, -0.2) is 20.6 Å². The summed E-state index contributed by atoms with van der Waals surface area (Å²) in [6.07, 6.45) is 0.828. The summed E-state index contributed by atoms with van der Waals surface area (Å²) in [6.45, 7) is 4.07. The number of rotatable bonds is 7. The number of para-hydroxylation sites is 1. The van der Waals surface area contributed by atoms with Gasteiger partial charge in [-0.15, -0.1) is 0 Å². The first-order valence-corrected chi connectivity index (χ1v) is 9.44. The van der Waals surface area contributed by atoms with Crippen LogP contribution in [0.4, 0.5) is 0 Å². The highest BCUT2D eigenvalue weighted by Gasteiger charge is 2.17. The smallest absolute Gasteiger partial charge is 0.240 e. The first-order chi connectivity index (χ1) is 11.4. The van der Waals surface area contributed by atoms with Gasteiger partial charge in [-0.05, 0) is 44.2 Å². The first kappa shape index (κ1) is 18.4. The summed E-state index contributed by atoms with van der Waals surface area (Å²) < 4.78 is 25.9. The van der Waals surface area contributed by atoms with Crippen molar-refractivity contribution in [1.29, 1.82) is 0 Å². The second kappa shape index (κ2) is 7.79. The molecule has 0 bridgehead atoms. The summed E-state index contributed by atoms with van der Waals surface area (Å²) in [5, 5.41) is 13.5. The van der Waals surface area contributed by atoms with E-state index in [1.165, 1.54) is 7.05 Å². The average molecular weight is 348 g/mol. The molecular formula is C18H24N2O3S. The Bertz CT molecular complexity index is 773. The van der Waals surface area contributed by atoms with Crippen molar-refractivity contribution in [1.82, 2.24) is 10.0 Å². The van der Waals surface area contributed by atoms with Gasteiger partial charge in [0.2, 0.25) is 10.0 Å². The number of sulfonamides is 1. The van der Waals surface area contributed by atoms with E-state index in [4.69, 9.17) is 0 Å². The van der Waals surface area contributed by atoms with Crippen LogP contribution in [0.5, 0.6) is 5.75 Å². The van der Waals surface area contributed by atoms with E-state index in [0.717, 1.165) is 17.5 Å². The molecule has 3 N–H and O–H groups in total. The fraction of sp³-hybridized carbons (Fsp3) is 0.333. The molecule has 0 aromatic heterocycles. The number of benzene rings is 2. The average Bonchev–Trinajstić information content (AvgIpc) is 2.60. The van der Waals surface area contributed by atoms with E-state index in [2.05, 4.69) is 17.0 Å². The molecule has 2 rings (SSSR count). The fourth-order valence-corrected chi connectivity index (χ4v) is 3.39. The molecule has 0 spiro atoms. The number of hydrogen-bond acceptors (Lipinski definition) is 4. The largest absolute Gasteiger partial charge is 0.508 e. The monoisotopic (exact) mass is 348 g/mol. The van der Waals surface area contributed by atoms with E-state index < -0.39 is 10.0 Å². The fourth-order valence-electron chi connectivity index (χ4n) is 2.66. The number of nitrogens with one attached hydrogen (secondary N) is 2. The van der Waals surface area contributed by atoms with Crippen LogP contribution in [0.15, 0.2) is 53.4 Å². The highest BCUT2D eigenvalue weighted by molar-refractivity contribution is 7.89. The van der Waals surface area contributed by atoms with Gasteiger partial charge in [-0.3, -0.25) is 0 Å². The molecule has 24 heavy (non-hydrogen) atoms. The standard InChI is InChI=1S/C18H24N2O3S/c1-4-17(16-7-5-6-8-18(16)21)20-13(2)14-9-11-15(12-10-14)24(22,23)19-3/h5-13,17,19-21H,4H2,1-3H3/t13-,17+/m1/s1. The molecule has 0 aliphatic rings. The molecule has 0 heterocycles. The zero-order valence-electron chi connectivity index (χ0n) is 14.2. The maximum atomic E-state index is 11.8. The van der Waals surface area contributed by atoms with Crippen LogP contribution >= 0.6 is 0 Å². The molecule has 0 unspecified atom stereocenters. The van der Waals surface area contributed by atoms with Crippen LogP contribution in [-0.2, 0) is 10.0 Å². The van der Waals surface area contributed by atoms with E-state index in [0.29, 0.717) is 0 Å². The van der Waals surface area contributed by atoms with E-state index >= 15 is 0 Å². The lowest BCUT2D eigenvalue weighted by atomic mass is 10.0. The maximum Gasteiger partial charge on any atom is 0.240 e. The molecule has 0 radical (unpaired) electrons. The zero-order chi connectivity index (χ0) is 17.7. The van der Waals surface area contributed by atoms with Gasteiger partial charge in [-0.2, -0.15) is 0 Å². The molecular weight excluding hydrogens is 324 g/mol. The SMILES string of the molecule is CC[C@H](N[C@H](C)c1ccc(S(=O)(=O)NC)cc1)c1ccccc1O. The number of phenolic OH excluding ortho intramolecular Hbond substituents is 1. The van der Waals surface area contributed by atoms with Crippen molar-refractivity contribution in [3.8, 4) is 5.75 Å². The van der Waals surface area contributed by atoms with Crippen LogP contribution in [0.3, 0.4) is 0 Å². The molecule has 0 amide bonds. The lowest BCUT2D eigenvalue weighted by molar-refractivity contribution is 0.419. The van der Waals surface area contributed by atoms with E-state index in [-0.39, 0.29) is 22.7 Å². The Hall–Kier alpha value is -1.89. The normalized spacial score (nSPS) is 14.3. The first-order valence-electron chi connectivity index (χ1n) is 7.96. The predicted molar refractivity (Wildman–Crippen MR) is 95.4 cm³/mol. The minimum absolute atomic E-state index is 0.0147. The van der Waals surface area contributed by atoms with Crippen molar-refractivity contribution in [3.05, 3.63) is 59.7 Å². The second-order valence-electron chi connectivity index (χ2n) is 5.68. The summed E-state index contributed by atoms with van der Waals surface area (Å²) in [5.41, 5.74) is 1.85. The Morgan fingerprint density at radius 1 is 1.08 bits per heavy atom. The minimum Gasteiger partial charge on any atom is -0.508 e. The Kier molecular flexibility index (Phi) is 5.99. The van der Waals surface area contributed by atoms with Crippen molar-refractivity contribution >= 4 is 10.0 Å². The highest BCUT2D eigenvalue weighted by Crippen LogP contribution is 2.28. The Morgan fingerprint density at radius 3 is 2.25 bits per heavy atom. The molecule has 0 fully saturated rings. The van der Waals surface area contributed by atoms with Gasteiger partial charge in [0.15, 0.2) is 0 Å². The van der Waals surface area contributed by atoms with E-state index in [1.54, 1.807) is 36.4 Å². The molecule has 2 aromatic rings. The van der Waals surface area contributed by atoms with Gasteiger partial charge in [0.05, 0.1) is 4.90 Å². The minimum atomic E-state index is -3.42. The van der Waals surface area contributed by atoms with Crippen LogP contribution in [0.1, 0.15) is 43.5 Å². The number of aromatic hydroxyl groups is 1. The van der Waals surface area contributed by atoms with Crippen molar-refractivity contribution < 1.29 is 13.5 Å². The van der Waals surface area contributed by atoms with Gasteiger partial charge in [0.25, 0.3) is 0 Å². The Labute approximate surface area is 143 Å². The number of hydrogen-bond donors (Lipinski definition) is 3.